The van der Waals surface area contributed by atoms with Gasteiger partial charge in [0.2, 0.25) is 0 Å². The molecule has 0 radical (unpaired) electrons. The highest BCUT2D eigenvalue weighted by molar-refractivity contribution is 9.10. The highest BCUT2D eigenvalue weighted by Gasteiger charge is 2.29. The van der Waals surface area contributed by atoms with E-state index in [0.717, 1.165) is 36.2 Å². The molecule has 3 atom stereocenters. The van der Waals surface area contributed by atoms with Crippen LogP contribution in [0.25, 0.3) is 0 Å². The van der Waals surface area contributed by atoms with Crippen molar-refractivity contribution in [2.45, 2.75) is 38.8 Å². The van der Waals surface area contributed by atoms with Gasteiger partial charge in [0.1, 0.15) is 5.75 Å². The summed E-state index contributed by atoms with van der Waals surface area (Å²) in [5.74, 6) is 1.50. The summed E-state index contributed by atoms with van der Waals surface area (Å²) in [6.45, 7) is 6.16. The molecule has 1 aromatic carbocycles. The van der Waals surface area contributed by atoms with Crippen LogP contribution in [0.2, 0.25) is 0 Å². The molecule has 0 aromatic heterocycles. The van der Waals surface area contributed by atoms with Crippen molar-refractivity contribution in [3.8, 4) is 5.75 Å². The van der Waals surface area contributed by atoms with Gasteiger partial charge in [-0.25, -0.2) is 0 Å². The first kappa shape index (κ1) is 15.8. The smallest absolute Gasteiger partial charge is 0.119 e. The van der Waals surface area contributed by atoms with E-state index >= 15 is 0 Å². The lowest BCUT2D eigenvalue weighted by atomic mass is 9.91. The number of methoxy groups -OCH3 is 1. The molecule has 0 bridgehead atoms. The van der Waals surface area contributed by atoms with E-state index in [9.17, 15) is 0 Å². The summed E-state index contributed by atoms with van der Waals surface area (Å²) < 4.78 is 12.2. The molecule has 3 unspecified atom stereocenters. The van der Waals surface area contributed by atoms with Crippen molar-refractivity contribution < 1.29 is 9.47 Å². The van der Waals surface area contributed by atoms with E-state index in [1.165, 1.54) is 5.56 Å². The molecule has 4 heteroatoms. The fourth-order valence-electron chi connectivity index (χ4n) is 2.87. The minimum atomic E-state index is 0.384. The number of halogens is 1. The normalized spacial score (nSPS) is 23.8. The molecule has 2 rings (SSSR count). The highest BCUT2D eigenvalue weighted by Crippen LogP contribution is 2.28. The van der Waals surface area contributed by atoms with Gasteiger partial charge < -0.3 is 14.8 Å². The molecule has 0 amide bonds. The van der Waals surface area contributed by atoms with Gasteiger partial charge in [0, 0.05) is 16.4 Å². The molecule has 1 heterocycles. The Bertz CT molecular complexity index is 438. The van der Waals surface area contributed by atoms with E-state index in [1.54, 1.807) is 7.11 Å². The summed E-state index contributed by atoms with van der Waals surface area (Å²) in [4.78, 5) is 0. The first-order valence-corrected chi connectivity index (χ1v) is 8.10. The van der Waals surface area contributed by atoms with Crippen LogP contribution in [0.5, 0.6) is 5.75 Å². The third-order valence-electron chi connectivity index (χ3n) is 3.96. The molecule has 1 aromatic rings. The highest BCUT2D eigenvalue weighted by atomic mass is 79.9. The summed E-state index contributed by atoms with van der Waals surface area (Å²) >= 11 is 3.65. The molecule has 3 nitrogen and oxygen atoms in total. The van der Waals surface area contributed by atoms with Gasteiger partial charge in [-0.2, -0.15) is 0 Å². The molecular weight excluding hydrogens is 318 g/mol. The number of benzene rings is 1. The predicted octanol–water partition coefficient (Wildman–Crippen LogP) is 3.40. The van der Waals surface area contributed by atoms with E-state index in [1.807, 2.05) is 6.07 Å². The average molecular weight is 342 g/mol. The molecule has 1 saturated heterocycles. The Kier molecular flexibility index (Phi) is 5.87. The maximum absolute atomic E-state index is 5.73. The summed E-state index contributed by atoms with van der Waals surface area (Å²) in [7, 11) is 1.71. The van der Waals surface area contributed by atoms with Crippen LogP contribution in [-0.2, 0) is 11.2 Å². The predicted molar refractivity (Wildman–Crippen MR) is 85.4 cm³/mol. The summed E-state index contributed by atoms with van der Waals surface area (Å²) in [5.41, 5.74) is 1.29. The van der Waals surface area contributed by atoms with Gasteiger partial charge in [-0.15, -0.1) is 0 Å². The Morgan fingerprint density at radius 2 is 2.30 bits per heavy atom. The van der Waals surface area contributed by atoms with Gasteiger partial charge in [0.05, 0.1) is 19.8 Å². The zero-order valence-corrected chi connectivity index (χ0v) is 14.1. The Morgan fingerprint density at radius 1 is 1.50 bits per heavy atom. The van der Waals surface area contributed by atoms with E-state index < -0.39 is 0 Å². The largest absolute Gasteiger partial charge is 0.497 e. The topological polar surface area (TPSA) is 30.5 Å². The first-order chi connectivity index (χ1) is 9.63. The second-order valence-corrected chi connectivity index (χ2v) is 6.32. The molecule has 112 valence electrons. The maximum atomic E-state index is 5.73. The average Bonchev–Trinajstić information content (AvgIpc) is 2.87. The Labute approximate surface area is 130 Å². The molecule has 0 spiro atoms. The van der Waals surface area contributed by atoms with Crippen molar-refractivity contribution in [1.29, 1.82) is 0 Å². The van der Waals surface area contributed by atoms with Crippen molar-refractivity contribution in [2.75, 3.05) is 20.3 Å². The quantitative estimate of drug-likeness (QED) is 0.860. The lowest BCUT2D eigenvalue weighted by Crippen LogP contribution is -2.38. The lowest BCUT2D eigenvalue weighted by Gasteiger charge is -2.24. The summed E-state index contributed by atoms with van der Waals surface area (Å²) in [6.07, 6.45) is 2.51. The monoisotopic (exact) mass is 341 g/mol. The van der Waals surface area contributed by atoms with Crippen molar-refractivity contribution in [3.63, 3.8) is 0 Å². The molecule has 1 aliphatic rings. The molecule has 20 heavy (non-hydrogen) atoms. The molecule has 1 aliphatic heterocycles. The summed E-state index contributed by atoms with van der Waals surface area (Å²) in [6, 6.07) is 6.61. The molecule has 1 N–H and O–H groups in total. The number of hydrogen-bond acceptors (Lipinski definition) is 3. The number of likely N-dealkylation sites (N-methyl/N-ethyl adjacent to an activating group) is 1. The number of rotatable bonds is 6. The lowest BCUT2D eigenvalue weighted by molar-refractivity contribution is 0.117. The van der Waals surface area contributed by atoms with Crippen molar-refractivity contribution in [3.05, 3.63) is 28.2 Å². The second-order valence-electron chi connectivity index (χ2n) is 5.47. The fraction of sp³-hybridized carbons (Fsp3) is 0.625. The zero-order valence-electron chi connectivity index (χ0n) is 12.5. The van der Waals surface area contributed by atoms with Gasteiger partial charge >= 0.3 is 0 Å². The zero-order chi connectivity index (χ0) is 14.5. The Morgan fingerprint density at radius 3 is 2.90 bits per heavy atom. The van der Waals surface area contributed by atoms with Crippen molar-refractivity contribution in [2.24, 2.45) is 5.92 Å². The maximum Gasteiger partial charge on any atom is 0.119 e. The fourth-order valence-corrected chi connectivity index (χ4v) is 3.28. The van der Waals surface area contributed by atoms with Gasteiger partial charge in [-0.3, -0.25) is 0 Å². The van der Waals surface area contributed by atoms with Crippen molar-refractivity contribution >= 4 is 15.9 Å². The van der Waals surface area contributed by atoms with E-state index in [-0.39, 0.29) is 0 Å². The Balaban J connectivity index is 2.11. The van der Waals surface area contributed by atoms with Gasteiger partial charge in [0.15, 0.2) is 0 Å². The van der Waals surface area contributed by atoms with Crippen LogP contribution >= 0.6 is 15.9 Å². The number of nitrogens with one attached hydrogen (secondary N) is 1. The van der Waals surface area contributed by atoms with Crippen LogP contribution in [0.1, 0.15) is 25.8 Å². The minimum absolute atomic E-state index is 0.384. The minimum Gasteiger partial charge on any atom is -0.497 e. The van der Waals surface area contributed by atoms with Crippen LogP contribution in [0.4, 0.5) is 0 Å². The molecular formula is C16H24BrNO2. The van der Waals surface area contributed by atoms with Crippen LogP contribution < -0.4 is 10.1 Å². The Hall–Kier alpha value is -0.580. The van der Waals surface area contributed by atoms with Gasteiger partial charge in [0.25, 0.3) is 0 Å². The van der Waals surface area contributed by atoms with Gasteiger partial charge in [-0.05, 0) is 50.1 Å². The van der Waals surface area contributed by atoms with Crippen LogP contribution in [-0.4, -0.2) is 32.4 Å². The third-order valence-corrected chi connectivity index (χ3v) is 4.73. The van der Waals surface area contributed by atoms with Crippen molar-refractivity contribution in [1.82, 2.24) is 5.32 Å². The van der Waals surface area contributed by atoms with Crippen LogP contribution in [0.3, 0.4) is 0 Å². The van der Waals surface area contributed by atoms with Crippen LogP contribution in [0, 0.1) is 5.92 Å². The molecule has 0 saturated carbocycles. The SMILES string of the molecule is CCNC(Cc1cc(OC)ccc1Br)C1COC(C)C1. The number of hydrogen-bond donors (Lipinski definition) is 1. The number of ether oxygens (including phenoxy) is 2. The van der Waals surface area contributed by atoms with E-state index in [0.29, 0.717) is 18.1 Å². The summed E-state index contributed by atoms with van der Waals surface area (Å²) in [5, 5.41) is 3.62. The third kappa shape index (κ3) is 3.96. The molecule has 0 aliphatic carbocycles. The second kappa shape index (κ2) is 7.43. The van der Waals surface area contributed by atoms with Gasteiger partial charge in [-0.1, -0.05) is 22.9 Å². The van der Waals surface area contributed by atoms with E-state index in [4.69, 9.17) is 9.47 Å². The van der Waals surface area contributed by atoms with Crippen LogP contribution in [0.15, 0.2) is 22.7 Å². The molecule has 1 fully saturated rings. The standard InChI is InChI=1S/C16H24BrNO2/c1-4-18-16(13-7-11(2)20-10-13)9-12-8-14(19-3)5-6-15(12)17/h5-6,8,11,13,16,18H,4,7,9-10H2,1-3H3. The first-order valence-electron chi connectivity index (χ1n) is 7.31. The van der Waals surface area contributed by atoms with E-state index in [2.05, 4.69) is 47.2 Å².